The van der Waals surface area contributed by atoms with Crippen LogP contribution < -0.4 is 4.74 Å². The van der Waals surface area contributed by atoms with Crippen LogP contribution in [0.25, 0.3) is 22.2 Å². The molecule has 172 valence electrons. The van der Waals surface area contributed by atoms with Crippen molar-refractivity contribution in [2.45, 2.75) is 12.5 Å². The number of piperazine rings is 1. The molecule has 0 saturated carbocycles. The number of benzene rings is 2. The number of methoxy groups -OCH3 is 1. The van der Waals surface area contributed by atoms with E-state index in [1.807, 2.05) is 59.5 Å². The summed E-state index contributed by atoms with van der Waals surface area (Å²) in [5, 5.41) is 0.767. The maximum atomic E-state index is 13.7. The number of rotatable bonds is 4. The summed E-state index contributed by atoms with van der Waals surface area (Å²) in [6.45, 7) is 2.52. The molecule has 1 aromatic heterocycles. The fourth-order valence-electron chi connectivity index (χ4n) is 4.79. The van der Waals surface area contributed by atoms with Gasteiger partial charge in [0.05, 0.1) is 35.4 Å². The molecular formula is C25H27N3O4S. The average Bonchev–Trinajstić information content (AvgIpc) is 3.22. The Morgan fingerprint density at radius 2 is 1.79 bits per heavy atom. The van der Waals surface area contributed by atoms with Crippen LogP contribution in [0.5, 0.6) is 5.75 Å². The molecule has 0 N–H and O–H groups in total. The molecule has 2 aliphatic heterocycles. The number of aromatic nitrogens is 1. The van der Waals surface area contributed by atoms with Crippen LogP contribution in [0.4, 0.5) is 0 Å². The van der Waals surface area contributed by atoms with E-state index in [0.29, 0.717) is 43.9 Å². The van der Waals surface area contributed by atoms with Crippen molar-refractivity contribution in [1.82, 2.24) is 14.8 Å². The Morgan fingerprint density at radius 3 is 2.45 bits per heavy atom. The van der Waals surface area contributed by atoms with Gasteiger partial charge >= 0.3 is 0 Å². The Balaban J connectivity index is 1.44. The Morgan fingerprint density at radius 1 is 1.03 bits per heavy atom. The number of carbonyl (C=O) groups is 1. The average molecular weight is 466 g/mol. The summed E-state index contributed by atoms with van der Waals surface area (Å²) < 4.78 is 29.1. The van der Waals surface area contributed by atoms with Gasteiger partial charge in [-0.25, -0.2) is 13.4 Å². The van der Waals surface area contributed by atoms with Crippen LogP contribution in [0.15, 0.2) is 54.6 Å². The number of amides is 1. The van der Waals surface area contributed by atoms with Gasteiger partial charge in [0.15, 0.2) is 9.84 Å². The second-order valence-electron chi connectivity index (χ2n) is 8.69. The highest BCUT2D eigenvalue weighted by molar-refractivity contribution is 7.91. The molecule has 3 aromatic rings. The number of fused-ring (bicyclic) bond motifs is 1. The maximum Gasteiger partial charge on any atom is 0.254 e. The summed E-state index contributed by atoms with van der Waals surface area (Å²) in [5.41, 5.74) is 3.06. The molecule has 2 saturated heterocycles. The van der Waals surface area contributed by atoms with E-state index >= 15 is 0 Å². The largest absolute Gasteiger partial charge is 0.497 e. The highest BCUT2D eigenvalue weighted by Gasteiger charge is 2.34. The van der Waals surface area contributed by atoms with Gasteiger partial charge in [-0.15, -0.1) is 0 Å². The number of sulfone groups is 1. The second-order valence-corrected chi connectivity index (χ2v) is 10.9. The quantitative estimate of drug-likeness (QED) is 0.590. The predicted molar refractivity (Wildman–Crippen MR) is 128 cm³/mol. The number of carbonyl (C=O) groups excluding carboxylic acids is 1. The van der Waals surface area contributed by atoms with E-state index in [4.69, 9.17) is 9.72 Å². The minimum atomic E-state index is -2.92. The molecule has 0 aliphatic carbocycles. The van der Waals surface area contributed by atoms with Gasteiger partial charge in [0, 0.05) is 43.2 Å². The van der Waals surface area contributed by atoms with Gasteiger partial charge in [0.25, 0.3) is 5.91 Å². The van der Waals surface area contributed by atoms with Crippen LogP contribution in [0.1, 0.15) is 16.8 Å². The Kier molecular flexibility index (Phi) is 5.80. The third kappa shape index (κ3) is 4.45. The highest BCUT2D eigenvalue weighted by Crippen LogP contribution is 2.29. The van der Waals surface area contributed by atoms with E-state index < -0.39 is 9.84 Å². The van der Waals surface area contributed by atoms with E-state index in [9.17, 15) is 13.2 Å². The molecule has 2 aliphatic rings. The van der Waals surface area contributed by atoms with Crippen LogP contribution in [0, 0.1) is 0 Å². The van der Waals surface area contributed by atoms with Gasteiger partial charge in [-0.1, -0.05) is 30.3 Å². The first-order chi connectivity index (χ1) is 15.9. The molecule has 2 aromatic carbocycles. The fraction of sp³-hybridized carbons (Fsp3) is 0.360. The van der Waals surface area contributed by atoms with Crippen molar-refractivity contribution in [1.29, 1.82) is 0 Å². The summed E-state index contributed by atoms with van der Waals surface area (Å²) in [5.74, 6) is 1.14. The van der Waals surface area contributed by atoms with Gasteiger partial charge in [-0.05, 0) is 30.7 Å². The molecular weight excluding hydrogens is 438 g/mol. The molecule has 1 amide bonds. The number of nitrogens with zero attached hydrogens (tertiary/aromatic N) is 3. The number of ether oxygens (including phenoxy) is 1. The predicted octanol–water partition coefficient (Wildman–Crippen LogP) is 2.86. The van der Waals surface area contributed by atoms with Crippen molar-refractivity contribution in [2.24, 2.45) is 0 Å². The van der Waals surface area contributed by atoms with Gasteiger partial charge < -0.3 is 9.64 Å². The topological polar surface area (TPSA) is 79.8 Å². The number of hydrogen-bond acceptors (Lipinski definition) is 6. The molecule has 1 atom stereocenters. The zero-order valence-electron chi connectivity index (χ0n) is 18.6. The van der Waals surface area contributed by atoms with Crippen LogP contribution >= 0.6 is 0 Å². The van der Waals surface area contributed by atoms with E-state index in [1.165, 1.54) is 0 Å². The smallest absolute Gasteiger partial charge is 0.254 e. The van der Waals surface area contributed by atoms with Crippen LogP contribution in [-0.4, -0.2) is 79.9 Å². The van der Waals surface area contributed by atoms with E-state index in [2.05, 4.69) is 4.90 Å². The lowest BCUT2D eigenvalue weighted by atomic mass is 10.0. The molecule has 0 bridgehead atoms. The summed E-state index contributed by atoms with van der Waals surface area (Å²) in [6, 6.07) is 17.4. The Hall–Kier alpha value is -2.97. The first-order valence-corrected chi connectivity index (χ1v) is 13.0. The normalized spacial score (nSPS) is 20.8. The van der Waals surface area contributed by atoms with Crippen molar-refractivity contribution < 1.29 is 17.9 Å². The van der Waals surface area contributed by atoms with Crippen LogP contribution in [0.3, 0.4) is 0 Å². The molecule has 0 unspecified atom stereocenters. The monoisotopic (exact) mass is 465 g/mol. The number of hydrogen-bond donors (Lipinski definition) is 0. The lowest BCUT2D eigenvalue weighted by molar-refractivity contribution is 0.0589. The summed E-state index contributed by atoms with van der Waals surface area (Å²) in [7, 11) is -1.31. The van der Waals surface area contributed by atoms with E-state index in [1.54, 1.807) is 7.11 Å². The number of pyridine rings is 1. The molecule has 5 rings (SSSR count). The molecule has 7 nitrogen and oxygen atoms in total. The summed E-state index contributed by atoms with van der Waals surface area (Å²) in [6.07, 6.45) is 0.686. The molecule has 0 radical (unpaired) electrons. The first kappa shape index (κ1) is 21.9. The lowest BCUT2D eigenvalue weighted by Gasteiger charge is -2.37. The van der Waals surface area contributed by atoms with Crippen molar-refractivity contribution in [3.8, 4) is 17.0 Å². The highest BCUT2D eigenvalue weighted by atomic mass is 32.2. The lowest BCUT2D eigenvalue weighted by Crippen LogP contribution is -2.52. The van der Waals surface area contributed by atoms with Crippen LogP contribution in [0.2, 0.25) is 0 Å². The zero-order chi connectivity index (χ0) is 23.0. The van der Waals surface area contributed by atoms with E-state index in [0.717, 1.165) is 22.2 Å². The molecule has 3 heterocycles. The fourth-order valence-corrected chi connectivity index (χ4v) is 6.55. The Labute approximate surface area is 193 Å². The zero-order valence-corrected chi connectivity index (χ0v) is 19.4. The molecule has 8 heteroatoms. The van der Waals surface area contributed by atoms with Crippen molar-refractivity contribution in [2.75, 3.05) is 44.8 Å². The van der Waals surface area contributed by atoms with Crippen molar-refractivity contribution >= 4 is 26.6 Å². The van der Waals surface area contributed by atoms with Gasteiger partial charge in [-0.3, -0.25) is 9.69 Å². The molecule has 2 fully saturated rings. The van der Waals surface area contributed by atoms with Gasteiger partial charge in [0.2, 0.25) is 0 Å². The maximum absolute atomic E-state index is 13.7. The van der Waals surface area contributed by atoms with Crippen LogP contribution in [-0.2, 0) is 9.84 Å². The van der Waals surface area contributed by atoms with Crippen molar-refractivity contribution in [3.63, 3.8) is 0 Å². The SMILES string of the molecule is COc1ccc2nc(-c3ccccc3)cc(C(=O)N3CCN([C@H]4CCS(=O)(=O)C4)CC3)c2c1. The Bertz CT molecular complexity index is 1290. The minimum absolute atomic E-state index is 0.0356. The third-order valence-electron chi connectivity index (χ3n) is 6.64. The standard InChI is InChI=1S/C25H27N3O4S/c1-32-20-7-8-23-21(15-20)22(16-24(26-23)18-5-3-2-4-6-18)25(29)28-12-10-27(11-13-28)19-9-14-33(30,31)17-19/h2-8,15-16,19H,9-14,17H2,1H3/t19-/m0/s1. The van der Waals surface area contributed by atoms with E-state index in [-0.39, 0.29) is 23.5 Å². The third-order valence-corrected chi connectivity index (χ3v) is 8.39. The second kappa shape index (κ2) is 8.76. The first-order valence-electron chi connectivity index (χ1n) is 11.2. The summed E-state index contributed by atoms with van der Waals surface area (Å²) in [4.78, 5) is 22.6. The van der Waals surface area contributed by atoms with Gasteiger partial charge in [0.1, 0.15) is 5.75 Å². The van der Waals surface area contributed by atoms with Gasteiger partial charge in [-0.2, -0.15) is 0 Å². The molecule has 0 spiro atoms. The van der Waals surface area contributed by atoms with Crippen molar-refractivity contribution in [3.05, 3.63) is 60.2 Å². The molecule has 33 heavy (non-hydrogen) atoms. The minimum Gasteiger partial charge on any atom is -0.497 e. The summed E-state index contributed by atoms with van der Waals surface area (Å²) >= 11 is 0.